The second-order valence-corrected chi connectivity index (χ2v) is 10.3. The van der Waals surface area contributed by atoms with Crippen LogP contribution >= 0.6 is 0 Å². The molecule has 236 valence electrons. The highest BCUT2D eigenvalue weighted by Crippen LogP contribution is 2.23. The fourth-order valence-electron chi connectivity index (χ4n) is 3.71. The Labute approximate surface area is 230 Å². The molecule has 0 amide bonds. The average molecular weight is 577 g/mol. The Balaban J connectivity index is 5.98. The number of ether oxygens (including phenoxy) is 4. The Morgan fingerprint density at radius 3 is 1.51 bits per heavy atom. The van der Waals surface area contributed by atoms with Gasteiger partial charge in [-0.3, -0.25) is 0 Å². The highest BCUT2D eigenvalue weighted by molar-refractivity contribution is 4.86. The summed E-state index contributed by atoms with van der Waals surface area (Å²) in [6.07, 6.45) is -18.6. The average Bonchev–Trinajstić information content (AvgIpc) is 2.91. The maximum atomic E-state index is 11.1. The van der Waals surface area contributed by atoms with Crippen molar-refractivity contribution in [2.45, 2.75) is 127 Å². The van der Waals surface area contributed by atoms with Crippen LogP contribution in [0.25, 0.3) is 0 Å². The fraction of sp³-hybridized carbons (Fsp3) is 1.00. The van der Waals surface area contributed by atoms with Crippen LogP contribution in [-0.4, -0.2) is 158 Å². The quantitative estimate of drug-likeness (QED) is 0.0573. The summed E-state index contributed by atoms with van der Waals surface area (Å²) in [6, 6.07) is 0. The lowest BCUT2D eigenvalue weighted by molar-refractivity contribution is -0.265. The van der Waals surface area contributed by atoms with Crippen molar-refractivity contribution in [2.75, 3.05) is 26.9 Å². The van der Waals surface area contributed by atoms with Gasteiger partial charge in [-0.1, -0.05) is 13.8 Å². The number of hydrogen-bond donors (Lipinski definition) is 10. The molecule has 0 fully saturated rings. The van der Waals surface area contributed by atoms with Crippen molar-refractivity contribution in [3.8, 4) is 0 Å². The molecule has 0 saturated carbocycles. The van der Waals surface area contributed by atoms with Crippen LogP contribution in [0, 0.1) is 5.92 Å². The van der Waals surface area contributed by atoms with E-state index in [1.165, 1.54) is 7.11 Å². The molecule has 12 atom stereocenters. The normalized spacial score (nSPS) is 22.0. The topological polar surface area (TPSA) is 239 Å². The molecule has 0 aliphatic carbocycles. The van der Waals surface area contributed by atoms with Crippen LogP contribution in [0.5, 0.6) is 0 Å². The maximum Gasteiger partial charge on any atom is 0.186 e. The SMILES string of the molecule is COC(O[C@H](CC[C@@H](O)C(O)C(O)C(O)CO)C(O)C(CO)O[C@@H](C)C(C)C)C(O)C(OC(C)C)[C@H](O)CO. The summed E-state index contributed by atoms with van der Waals surface area (Å²) in [4.78, 5) is 0. The van der Waals surface area contributed by atoms with Gasteiger partial charge in [0.2, 0.25) is 0 Å². The van der Waals surface area contributed by atoms with Gasteiger partial charge in [0.15, 0.2) is 6.29 Å². The number of hydrogen-bond acceptors (Lipinski definition) is 14. The van der Waals surface area contributed by atoms with Gasteiger partial charge in [-0.2, -0.15) is 0 Å². The molecule has 8 unspecified atom stereocenters. The van der Waals surface area contributed by atoms with Gasteiger partial charge in [0.1, 0.15) is 48.8 Å². The summed E-state index contributed by atoms with van der Waals surface area (Å²) >= 11 is 0. The minimum atomic E-state index is -1.86. The lowest BCUT2D eigenvalue weighted by Crippen LogP contribution is -2.53. The predicted molar refractivity (Wildman–Crippen MR) is 137 cm³/mol. The summed E-state index contributed by atoms with van der Waals surface area (Å²) in [7, 11) is 1.18. The molecule has 0 aromatic heterocycles. The molecule has 0 aromatic rings. The molecule has 0 bridgehead atoms. The summed E-state index contributed by atoms with van der Waals surface area (Å²) < 4.78 is 22.4. The molecule has 0 rings (SSSR count). The molecule has 0 spiro atoms. The van der Waals surface area contributed by atoms with Gasteiger partial charge >= 0.3 is 0 Å². The molecule has 14 nitrogen and oxygen atoms in total. The summed E-state index contributed by atoms with van der Waals surface area (Å²) in [5.74, 6) is 0.0319. The summed E-state index contributed by atoms with van der Waals surface area (Å²) in [6.45, 7) is 6.58. The van der Waals surface area contributed by atoms with Gasteiger partial charge in [0.25, 0.3) is 0 Å². The van der Waals surface area contributed by atoms with Gasteiger partial charge in [0, 0.05) is 7.11 Å². The van der Waals surface area contributed by atoms with E-state index >= 15 is 0 Å². The fourth-order valence-corrected chi connectivity index (χ4v) is 3.71. The second-order valence-electron chi connectivity index (χ2n) is 10.3. The second kappa shape index (κ2) is 19.5. The van der Waals surface area contributed by atoms with E-state index in [1.54, 1.807) is 20.8 Å². The minimum absolute atomic E-state index is 0.0319. The zero-order valence-electron chi connectivity index (χ0n) is 23.7. The summed E-state index contributed by atoms with van der Waals surface area (Å²) in [5, 5.41) is 101. The van der Waals surface area contributed by atoms with E-state index in [0.29, 0.717) is 0 Å². The van der Waals surface area contributed by atoms with E-state index in [0.717, 1.165) is 0 Å². The third kappa shape index (κ3) is 12.9. The molecule has 14 heteroatoms. The van der Waals surface area contributed by atoms with Crippen LogP contribution in [-0.2, 0) is 18.9 Å². The third-order valence-electron chi connectivity index (χ3n) is 6.49. The molecular weight excluding hydrogens is 524 g/mol. The van der Waals surface area contributed by atoms with Crippen molar-refractivity contribution in [3.05, 3.63) is 0 Å². The highest BCUT2D eigenvalue weighted by Gasteiger charge is 2.40. The predicted octanol–water partition coefficient (Wildman–Crippen LogP) is -3.15. The first-order valence-electron chi connectivity index (χ1n) is 13.2. The van der Waals surface area contributed by atoms with Crippen LogP contribution < -0.4 is 0 Å². The van der Waals surface area contributed by atoms with Crippen LogP contribution in [0.15, 0.2) is 0 Å². The number of aliphatic hydroxyl groups is 10. The first-order chi connectivity index (χ1) is 18.2. The highest BCUT2D eigenvalue weighted by atomic mass is 16.7. The lowest BCUT2D eigenvalue weighted by atomic mass is 9.95. The van der Waals surface area contributed by atoms with Gasteiger partial charge < -0.3 is 70.0 Å². The van der Waals surface area contributed by atoms with Crippen molar-refractivity contribution in [3.63, 3.8) is 0 Å². The standard InChI is InChI=1S/C25H52O14/c1-12(2)14(5)38-19(11-28)22(34)18(8-7-15(29)20(32)21(33)16(30)9-26)39-25(36-6)23(35)24(17(31)10-27)37-13(3)4/h12-35H,7-11H2,1-6H3/t14-,15+,16?,17+,18+,19?,20?,21?,22?,23?,24?,25?/m0/s1. The smallest absolute Gasteiger partial charge is 0.186 e. The largest absolute Gasteiger partial charge is 0.394 e. The Bertz CT molecular complexity index is 611. The van der Waals surface area contributed by atoms with Gasteiger partial charge in [-0.25, -0.2) is 0 Å². The first kappa shape index (κ1) is 38.4. The van der Waals surface area contributed by atoms with Gasteiger partial charge in [0.05, 0.1) is 44.2 Å². The van der Waals surface area contributed by atoms with Crippen molar-refractivity contribution < 1.29 is 70.0 Å². The zero-order chi connectivity index (χ0) is 30.4. The van der Waals surface area contributed by atoms with E-state index in [-0.39, 0.29) is 24.9 Å². The van der Waals surface area contributed by atoms with E-state index in [1.807, 2.05) is 13.8 Å². The number of aliphatic hydroxyl groups excluding tert-OH is 10. The van der Waals surface area contributed by atoms with Crippen LogP contribution in [0.4, 0.5) is 0 Å². The monoisotopic (exact) mass is 576 g/mol. The number of rotatable bonds is 22. The van der Waals surface area contributed by atoms with E-state index in [9.17, 15) is 46.0 Å². The van der Waals surface area contributed by atoms with E-state index in [4.69, 9.17) is 24.1 Å². The van der Waals surface area contributed by atoms with Crippen LogP contribution in [0.2, 0.25) is 0 Å². The zero-order valence-corrected chi connectivity index (χ0v) is 23.7. The van der Waals surface area contributed by atoms with Crippen molar-refractivity contribution in [1.82, 2.24) is 0 Å². The van der Waals surface area contributed by atoms with E-state index in [2.05, 4.69) is 0 Å². The molecule has 0 aliphatic heterocycles. The Morgan fingerprint density at radius 1 is 0.538 bits per heavy atom. The molecule has 0 radical (unpaired) electrons. The van der Waals surface area contributed by atoms with Crippen molar-refractivity contribution >= 4 is 0 Å². The molecule has 10 N–H and O–H groups in total. The number of methoxy groups -OCH3 is 1. The molecule has 0 aliphatic rings. The lowest BCUT2D eigenvalue weighted by Gasteiger charge is -2.37. The first-order valence-corrected chi connectivity index (χ1v) is 13.2. The van der Waals surface area contributed by atoms with Crippen LogP contribution in [0.1, 0.15) is 47.5 Å². The molecule has 0 aromatic carbocycles. The van der Waals surface area contributed by atoms with Crippen LogP contribution in [0.3, 0.4) is 0 Å². The van der Waals surface area contributed by atoms with E-state index < -0.39 is 93.3 Å². The van der Waals surface area contributed by atoms with Crippen molar-refractivity contribution in [1.29, 1.82) is 0 Å². The Hall–Kier alpha value is -0.560. The minimum Gasteiger partial charge on any atom is -0.394 e. The Kier molecular flexibility index (Phi) is 19.3. The molecular formula is C25H52O14. The Morgan fingerprint density at radius 2 is 1.08 bits per heavy atom. The molecule has 0 heterocycles. The van der Waals surface area contributed by atoms with Gasteiger partial charge in [-0.05, 0) is 39.5 Å². The van der Waals surface area contributed by atoms with Crippen molar-refractivity contribution in [2.24, 2.45) is 5.92 Å². The third-order valence-corrected chi connectivity index (χ3v) is 6.49. The molecule has 39 heavy (non-hydrogen) atoms. The summed E-state index contributed by atoms with van der Waals surface area (Å²) in [5.41, 5.74) is 0. The molecule has 0 saturated heterocycles. The van der Waals surface area contributed by atoms with Gasteiger partial charge in [-0.15, -0.1) is 0 Å². The maximum absolute atomic E-state index is 11.1.